The molecule has 2 aromatic rings. The first-order valence-corrected chi connectivity index (χ1v) is 7.56. The molecular formula is C16H22BrN3. The smallest absolute Gasteiger partial charge is 0.0738 e. The molecule has 1 aromatic heterocycles. The summed E-state index contributed by atoms with van der Waals surface area (Å²) in [5, 5.41) is 4.43. The average Bonchev–Trinajstić information content (AvgIpc) is 2.59. The van der Waals surface area contributed by atoms with Crippen LogP contribution in [0.25, 0.3) is 0 Å². The Hall–Kier alpha value is -1.13. The van der Waals surface area contributed by atoms with Crippen LogP contribution in [0.3, 0.4) is 0 Å². The van der Waals surface area contributed by atoms with Crippen LogP contribution >= 0.6 is 15.9 Å². The number of aromatic nitrogens is 2. The number of nitrogens with two attached hydrogens (primary N) is 1. The van der Waals surface area contributed by atoms with Crippen LogP contribution in [-0.4, -0.2) is 9.78 Å². The van der Waals surface area contributed by atoms with Gasteiger partial charge >= 0.3 is 0 Å². The Kier molecular flexibility index (Phi) is 4.07. The van der Waals surface area contributed by atoms with E-state index in [1.165, 1.54) is 11.1 Å². The van der Waals surface area contributed by atoms with Gasteiger partial charge in [-0.15, -0.1) is 0 Å². The van der Waals surface area contributed by atoms with Crippen LogP contribution in [-0.2, 0) is 19.0 Å². The molecule has 0 saturated carbocycles. The van der Waals surface area contributed by atoms with Crippen LogP contribution in [0.15, 0.2) is 22.7 Å². The van der Waals surface area contributed by atoms with Crippen molar-refractivity contribution in [3.05, 3.63) is 50.8 Å². The zero-order chi connectivity index (χ0) is 15.1. The largest absolute Gasteiger partial charge is 0.321 e. The molecule has 2 N–H and O–H groups in total. The van der Waals surface area contributed by atoms with Gasteiger partial charge in [0.2, 0.25) is 0 Å². The molecule has 2 rings (SSSR count). The van der Waals surface area contributed by atoms with Crippen LogP contribution < -0.4 is 5.73 Å². The summed E-state index contributed by atoms with van der Waals surface area (Å²) in [7, 11) is 1.96. The third-order valence-corrected chi connectivity index (χ3v) is 4.99. The lowest BCUT2D eigenvalue weighted by molar-refractivity contribution is 0.470. The maximum atomic E-state index is 6.57. The molecule has 4 heteroatoms. The Labute approximate surface area is 129 Å². The van der Waals surface area contributed by atoms with Crippen LogP contribution in [0.2, 0.25) is 0 Å². The first kappa shape index (κ1) is 15.3. The topological polar surface area (TPSA) is 43.8 Å². The summed E-state index contributed by atoms with van der Waals surface area (Å²) in [6, 6.07) is 6.45. The van der Waals surface area contributed by atoms with E-state index in [2.05, 4.69) is 60.0 Å². The summed E-state index contributed by atoms with van der Waals surface area (Å²) >= 11 is 3.61. The Morgan fingerprint density at radius 1 is 1.25 bits per heavy atom. The molecule has 1 heterocycles. The highest BCUT2D eigenvalue weighted by Crippen LogP contribution is 2.29. The minimum Gasteiger partial charge on any atom is -0.321 e. The van der Waals surface area contributed by atoms with Gasteiger partial charge in [-0.25, -0.2) is 0 Å². The van der Waals surface area contributed by atoms with Gasteiger partial charge in [0, 0.05) is 19.0 Å². The second-order valence-corrected chi connectivity index (χ2v) is 6.66. The number of nitrogens with zero attached hydrogens (tertiary/aromatic N) is 2. The minimum atomic E-state index is -0.415. The normalized spacial score (nSPS) is 14.3. The van der Waals surface area contributed by atoms with Crippen LogP contribution in [0.4, 0.5) is 0 Å². The minimum absolute atomic E-state index is 0.415. The SMILES string of the molecule is Cc1ccc(C(C)(N)Cc2c(Br)c(C)nn2C)cc1C. The van der Waals surface area contributed by atoms with Gasteiger partial charge in [0.25, 0.3) is 0 Å². The van der Waals surface area contributed by atoms with E-state index in [9.17, 15) is 0 Å². The van der Waals surface area contributed by atoms with Gasteiger partial charge in [0.15, 0.2) is 0 Å². The second-order valence-electron chi connectivity index (χ2n) is 5.86. The fraction of sp³-hybridized carbons (Fsp3) is 0.438. The Morgan fingerprint density at radius 3 is 2.40 bits per heavy atom. The van der Waals surface area contributed by atoms with Crippen LogP contribution in [0.1, 0.15) is 35.0 Å². The molecule has 0 radical (unpaired) electrons. The molecule has 1 unspecified atom stereocenters. The molecule has 0 aliphatic heterocycles. The highest BCUT2D eigenvalue weighted by atomic mass is 79.9. The molecule has 108 valence electrons. The van der Waals surface area contributed by atoms with Crippen molar-refractivity contribution in [3.8, 4) is 0 Å². The fourth-order valence-electron chi connectivity index (χ4n) is 2.42. The predicted octanol–water partition coefficient (Wildman–Crippen LogP) is 3.52. The molecule has 0 spiro atoms. The van der Waals surface area contributed by atoms with Gasteiger partial charge in [-0.1, -0.05) is 18.2 Å². The van der Waals surface area contributed by atoms with Gasteiger partial charge in [0.1, 0.15) is 0 Å². The van der Waals surface area contributed by atoms with Crippen molar-refractivity contribution in [2.24, 2.45) is 12.8 Å². The number of aryl methyl sites for hydroxylation is 4. The third kappa shape index (κ3) is 2.81. The van der Waals surface area contributed by atoms with E-state index in [-0.39, 0.29) is 0 Å². The average molecular weight is 336 g/mol. The molecule has 0 amide bonds. The van der Waals surface area contributed by atoms with Crippen molar-refractivity contribution in [3.63, 3.8) is 0 Å². The highest BCUT2D eigenvalue weighted by molar-refractivity contribution is 9.10. The highest BCUT2D eigenvalue weighted by Gasteiger charge is 2.25. The summed E-state index contributed by atoms with van der Waals surface area (Å²) in [5.74, 6) is 0. The lowest BCUT2D eigenvalue weighted by Crippen LogP contribution is -2.36. The van der Waals surface area contributed by atoms with E-state index in [4.69, 9.17) is 5.73 Å². The van der Waals surface area contributed by atoms with Crippen molar-refractivity contribution < 1.29 is 0 Å². The number of halogens is 1. The van der Waals surface area contributed by atoms with Gasteiger partial charge in [0.05, 0.1) is 15.9 Å². The quantitative estimate of drug-likeness (QED) is 0.932. The molecule has 3 nitrogen and oxygen atoms in total. The summed E-state index contributed by atoms with van der Waals surface area (Å²) < 4.78 is 2.96. The first-order valence-electron chi connectivity index (χ1n) is 6.77. The molecular weight excluding hydrogens is 314 g/mol. The Bertz CT molecular complexity index is 641. The number of benzene rings is 1. The van der Waals surface area contributed by atoms with E-state index >= 15 is 0 Å². The fourth-order valence-corrected chi connectivity index (χ4v) is 2.89. The van der Waals surface area contributed by atoms with Crippen molar-refractivity contribution >= 4 is 15.9 Å². The number of hydrogen-bond donors (Lipinski definition) is 1. The maximum Gasteiger partial charge on any atom is 0.0738 e. The Morgan fingerprint density at radius 2 is 1.90 bits per heavy atom. The standard InChI is InChI=1S/C16H22BrN3/c1-10-6-7-13(8-11(10)2)16(4,18)9-14-15(17)12(3)19-20(14)5/h6-8H,9,18H2,1-5H3. The second kappa shape index (κ2) is 5.34. The predicted molar refractivity (Wildman–Crippen MR) is 86.8 cm³/mol. The molecule has 0 fully saturated rings. The maximum absolute atomic E-state index is 6.57. The Balaban J connectivity index is 2.37. The monoisotopic (exact) mass is 335 g/mol. The lowest BCUT2D eigenvalue weighted by Gasteiger charge is -2.26. The molecule has 0 bridgehead atoms. The molecule has 0 aliphatic rings. The van der Waals surface area contributed by atoms with Crippen molar-refractivity contribution in [2.45, 2.75) is 39.7 Å². The van der Waals surface area contributed by atoms with E-state index in [0.717, 1.165) is 27.8 Å². The van der Waals surface area contributed by atoms with E-state index < -0.39 is 5.54 Å². The van der Waals surface area contributed by atoms with E-state index in [1.54, 1.807) is 0 Å². The molecule has 1 aromatic carbocycles. The zero-order valence-corrected chi connectivity index (χ0v) is 14.4. The van der Waals surface area contributed by atoms with Gasteiger partial charge in [-0.2, -0.15) is 5.10 Å². The summed E-state index contributed by atoms with van der Waals surface area (Å²) in [6.07, 6.45) is 0.743. The number of rotatable bonds is 3. The summed E-state index contributed by atoms with van der Waals surface area (Å²) in [5.41, 5.74) is 12.0. The molecule has 20 heavy (non-hydrogen) atoms. The van der Waals surface area contributed by atoms with Crippen LogP contribution in [0, 0.1) is 20.8 Å². The van der Waals surface area contributed by atoms with Crippen molar-refractivity contribution in [1.82, 2.24) is 9.78 Å². The van der Waals surface area contributed by atoms with Gasteiger partial charge in [-0.3, -0.25) is 4.68 Å². The summed E-state index contributed by atoms with van der Waals surface area (Å²) in [6.45, 7) is 8.32. The van der Waals surface area contributed by atoms with Gasteiger partial charge < -0.3 is 5.73 Å². The van der Waals surface area contributed by atoms with Crippen molar-refractivity contribution in [1.29, 1.82) is 0 Å². The summed E-state index contributed by atoms with van der Waals surface area (Å²) in [4.78, 5) is 0. The lowest BCUT2D eigenvalue weighted by atomic mass is 9.86. The van der Waals surface area contributed by atoms with E-state index in [1.807, 2.05) is 18.7 Å². The third-order valence-electron chi connectivity index (χ3n) is 3.96. The molecule has 0 aliphatic carbocycles. The van der Waals surface area contributed by atoms with Crippen LogP contribution in [0.5, 0.6) is 0 Å². The van der Waals surface area contributed by atoms with E-state index in [0.29, 0.717) is 0 Å². The first-order chi connectivity index (χ1) is 9.22. The van der Waals surface area contributed by atoms with Gasteiger partial charge in [-0.05, 0) is 60.3 Å². The number of hydrogen-bond acceptors (Lipinski definition) is 2. The van der Waals surface area contributed by atoms with Crippen molar-refractivity contribution in [2.75, 3.05) is 0 Å². The molecule has 1 atom stereocenters. The zero-order valence-electron chi connectivity index (χ0n) is 12.8. The molecule has 0 saturated heterocycles.